The quantitative estimate of drug-likeness (QED) is 0.388. The Kier molecular flexibility index (Phi) is 7.82. The molecule has 0 saturated carbocycles. The van der Waals surface area contributed by atoms with Crippen molar-refractivity contribution >= 4 is 54.7 Å². The van der Waals surface area contributed by atoms with Crippen LogP contribution in [0.3, 0.4) is 0 Å². The van der Waals surface area contributed by atoms with Crippen LogP contribution < -0.4 is 15.4 Å². The van der Waals surface area contributed by atoms with Crippen molar-refractivity contribution in [2.45, 2.75) is 30.0 Å². The van der Waals surface area contributed by atoms with Gasteiger partial charge in [-0.05, 0) is 54.9 Å². The van der Waals surface area contributed by atoms with Crippen LogP contribution in [-0.2, 0) is 10.0 Å². The van der Waals surface area contributed by atoms with Crippen LogP contribution in [0.2, 0.25) is 0 Å². The van der Waals surface area contributed by atoms with E-state index in [1.807, 2.05) is 6.92 Å². The highest BCUT2D eigenvalue weighted by molar-refractivity contribution is 9.10. The van der Waals surface area contributed by atoms with E-state index in [-0.39, 0.29) is 16.9 Å². The predicted molar refractivity (Wildman–Crippen MR) is 118 cm³/mol. The van der Waals surface area contributed by atoms with E-state index in [4.69, 9.17) is 0 Å². The molecule has 0 unspecified atom stereocenters. The van der Waals surface area contributed by atoms with Gasteiger partial charge in [0.1, 0.15) is 10.0 Å². The summed E-state index contributed by atoms with van der Waals surface area (Å²) in [5.74, 6) is 0.861. The highest BCUT2D eigenvalue weighted by Gasteiger charge is 2.18. The lowest BCUT2D eigenvalue weighted by atomic mass is 10.3. The first kappa shape index (κ1) is 22.4. The maximum absolute atomic E-state index is 12.5. The molecule has 160 valence electrons. The summed E-state index contributed by atoms with van der Waals surface area (Å²) < 4.78 is 28.6. The standard InChI is InChI=1S/C17H25BrN6O3S2/c1-12(10-25)21-16-14(18)9-19-17(23-16)22-13-8-15(28-11-13)29(26,27)20-4-7-24-5-2-3-6-24/h8-9,11-12,20,25H,2-7,10H2,1H3,(H2,19,21,22,23)/t12-/m1/s1. The van der Waals surface area contributed by atoms with Crippen LogP contribution in [0, 0.1) is 0 Å². The molecule has 1 fully saturated rings. The number of rotatable bonds is 10. The van der Waals surface area contributed by atoms with Gasteiger partial charge in [-0.1, -0.05) is 0 Å². The summed E-state index contributed by atoms with van der Waals surface area (Å²) >= 11 is 4.51. The van der Waals surface area contributed by atoms with E-state index >= 15 is 0 Å². The number of halogens is 1. The van der Waals surface area contributed by atoms with Gasteiger partial charge in [0.15, 0.2) is 0 Å². The summed E-state index contributed by atoms with van der Waals surface area (Å²) in [5.41, 5.74) is 0.596. The molecule has 0 aliphatic carbocycles. The number of sulfonamides is 1. The van der Waals surface area contributed by atoms with E-state index in [0.29, 0.717) is 28.5 Å². The molecule has 29 heavy (non-hydrogen) atoms. The molecular weight excluding hydrogens is 480 g/mol. The Morgan fingerprint density at radius 3 is 2.86 bits per heavy atom. The highest BCUT2D eigenvalue weighted by atomic mass is 79.9. The molecule has 0 spiro atoms. The van der Waals surface area contributed by atoms with Gasteiger partial charge in [0, 0.05) is 30.7 Å². The summed E-state index contributed by atoms with van der Waals surface area (Å²) in [5, 5.41) is 17.0. The largest absolute Gasteiger partial charge is 0.394 e. The van der Waals surface area contributed by atoms with E-state index in [1.165, 1.54) is 12.8 Å². The fourth-order valence-corrected chi connectivity index (χ4v) is 5.36. The second-order valence-electron chi connectivity index (χ2n) is 6.84. The SMILES string of the molecule is C[C@H](CO)Nc1nc(Nc2csc(S(=O)(=O)NCCN3CCCC3)c2)ncc1Br. The molecule has 4 N–H and O–H groups in total. The van der Waals surface area contributed by atoms with Gasteiger partial charge in [0.25, 0.3) is 0 Å². The molecule has 0 amide bonds. The van der Waals surface area contributed by atoms with E-state index in [0.717, 1.165) is 31.0 Å². The summed E-state index contributed by atoms with van der Waals surface area (Å²) in [4.78, 5) is 10.8. The normalized spacial score (nSPS) is 16.1. The van der Waals surface area contributed by atoms with Crippen molar-refractivity contribution in [3.8, 4) is 0 Å². The zero-order chi connectivity index (χ0) is 20.9. The van der Waals surface area contributed by atoms with Crippen LogP contribution in [0.25, 0.3) is 0 Å². The van der Waals surface area contributed by atoms with Gasteiger partial charge in [-0.2, -0.15) is 4.98 Å². The fraction of sp³-hybridized carbons (Fsp3) is 0.529. The first-order valence-electron chi connectivity index (χ1n) is 9.35. The third-order valence-corrected chi connectivity index (χ3v) is 7.90. The van der Waals surface area contributed by atoms with E-state index < -0.39 is 10.0 Å². The monoisotopic (exact) mass is 504 g/mol. The second kappa shape index (κ2) is 10.1. The molecule has 0 radical (unpaired) electrons. The van der Waals surface area contributed by atoms with Crippen molar-refractivity contribution in [2.75, 3.05) is 43.4 Å². The fourth-order valence-electron chi connectivity index (χ4n) is 2.88. The Bertz CT molecular complexity index is 918. The number of aromatic nitrogens is 2. The lowest BCUT2D eigenvalue weighted by Gasteiger charge is -2.14. The number of thiophene rings is 1. The van der Waals surface area contributed by atoms with E-state index in [2.05, 4.69) is 46.2 Å². The Morgan fingerprint density at radius 2 is 2.14 bits per heavy atom. The van der Waals surface area contributed by atoms with Crippen molar-refractivity contribution in [3.63, 3.8) is 0 Å². The number of aliphatic hydroxyl groups excluding tert-OH is 1. The number of anilines is 3. The van der Waals surface area contributed by atoms with Gasteiger partial charge in [-0.25, -0.2) is 18.1 Å². The maximum atomic E-state index is 12.5. The summed E-state index contributed by atoms with van der Waals surface area (Å²) in [7, 11) is -3.54. The average Bonchev–Trinajstić information content (AvgIpc) is 3.36. The van der Waals surface area contributed by atoms with Crippen LogP contribution in [0.5, 0.6) is 0 Å². The van der Waals surface area contributed by atoms with E-state index in [9.17, 15) is 13.5 Å². The second-order valence-corrected chi connectivity index (χ2v) is 10.6. The van der Waals surface area contributed by atoms with Gasteiger partial charge in [0.2, 0.25) is 16.0 Å². The first-order chi connectivity index (χ1) is 13.9. The number of likely N-dealkylation sites (tertiary alicyclic amines) is 1. The van der Waals surface area contributed by atoms with Gasteiger partial charge < -0.3 is 20.6 Å². The topological polar surface area (TPSA) is 119 Å². The Labute approximate surface area is 183 Å². The van der Waals surface area contributed by atoms with Gasteiger partial charge in [-0.15, -0.1) is 11.3 Å². The summed E-state index contributed by atoms with van der Waals surface area (Å²) in [6, 6.07) is 1.40. The van der Waals surface area contributed by atoms with Crippen molar-refractivity contribution in [1.29, 1.82) is 0 Å². The number of hydrogen-bond acceptors (Lipinski definition) is 9. The third kappa shape index (κ3) is 6.33. The van der Waals surface area contributed by atoms with Crippen LogP contribution in [-0.4, -0.2) is 67.2 Å². The molecule has 0 aromatic carbocycles. The Morgan fingerprint density at radius 1 is 1.38 bits per heavy atom. The molecule has 2 aromatic rings. The summed E-state index contributed by atoms with van der Waals surface area (Å²) in [6.07, 6.45) is 3.95. The highest BCUT2D eigenvalue weighted by Crippen LogP contribution is 2.27. The number of nitrogens with one attached hydrogen (secondary N) is 3. The number of aliphatic hydroxyl groups is 1. The van der Waals surface area contributed by atoms with Crippen LogP contribution in [0.1, 0.15) is 19.8 Å². The number of hydrogen-bond donors (Lipinski definition) is 4. The lowest BCUT2D eigenvalue weighted by Crippen LogP contribution is -2.33. The minimum absolute atomic E-state index is 0.0320. The molecule has 1 aliphatic heterocycles. The van der Waals surface area contributed by atoms with Crippen molar-refractivity contribution in [3.05, 3.63) is 22.1 Å². The Hall–Kier alpha value is -1.31. The summed E-state index contributed by atoms with van der Waals surface area (Å²) in [6.45, 7) is 5.00. The van der Waals surface area contributed by atoms with Crippen LogP contribution >= 0.6 is 27.3 Å². The van der Waals surface area contributed by atoms with Gasteiger partial charge in [-0.3, -0.25) is 0 Å². The molecular formula is C17H25BrN6O3S2. The first-order valence-corrected chi connectivity index (χ1v) is 12.5. The van der Waals surface area contributed by atoms with Gasteiger partial charge in [0.05, 0.1) is 16.8 Å². The molecule has 9 nitrogen and oxygen atoms in total. The van der Waals surface area contributed by atoms with Crippen LogP contribution in [0.15, 0.2) is 26.3 Å². The zero-order valence-corrected chi connectivity index (χ0v) is 19.3. The molecule has 3 rings (SSSR count). The molecule has 1 aliphatic rings. The molecule has 0 bridgehead atoms. The lowest BCUT2D eigenvalue weighted by molar-refractivity contribution is 0.281. The molecule has 3 heterocycles. The average molecular weight is 505 g/mol. The molecule has 1 saturated heterocycles. The molecule has 12 heteroatoms. The minimum Gasteiger partial charge on any atom is -0.394 e. The van der Waals surface area contributed by atoms with Crippen LogP contribution in [0.4, 0.5) is 17.5 Å². The third-order valence-electron chi connectivity index (χ3n) is 4.42. The maximum Gasteiger partial charge on any atom is 0.250 e. The minimum atomic E-state index is -3.54. The Balaban J connectivity index is 1.61. The number of nitrogens with zero attached hydrogens (tertiary/aromatic N) is 3. The smallest absolute Gasteiger partial charge is 0.250 e. The molecule has 1 atom stereocenters. The van der Waals surface area contributed by atoms with Crippen molar-refractivity contribution < 1.29 is 13.5 Å². The van der Waals surface area contributed by atoms with E-state index in [1.54, 1.807) is 17.6 Å². The predicted octanol–water partition coefficient (Wildman–Crippen LogP) is 2.21. The molecule has 2 aromatic heterocycles. The van der Waals surface area contributed by atoms with Crippen molar-refractivity contribution in [2.24, 2.45) is 0 Å². The van der Waals surface area contributed by atoms with Gasteiger partial charge >= 0.3 is 0 Å². The zero-order valence-electron chi connectivity index (χ0n) is 16.1. The van der Waals surface area contributed by atoms with Crippen molar-refractivity contribution in [1.82, 2.24) is 19.6 Å².